The van der Waals surface area contributed by atoms with Crippen molar-refractivity contribution in [3.05, 3.63) is 6.33 Å². The first-order chi connectivity index (χ1) is 4.34. The van der Waals surface area contributed by atoms with E-state index in [2.05, 4.69) is 15.5 Å². The van der Waals surface area contributed by atoms with Gasteiger partial charge >= 0.3 is 0 Å². The monoisotopic (exact) mass is 123 g/mol. The summed E-state index contributed by atoms with van der Waals surface area (Å²) < 4.78 is 1.39. The molecular weight excluding hydrogens is 118 g/mol. The molecule has 0 N–H and O–H groups in total. The van der Waals surface area contributed by atoms with Crippen molar-refractivity contribution >= 4 is 0 Å². The van der Waals surface area contributed by atoms with Crippen LogP contribution in [-0.4, -0.2) is 20.2 Å². The average Bonchev–Trinajstić information content (AvgIpc) is 2.37. The maximum Gasteiger partial charge on any atom is 0.139 e. The third-order valence-corrected chi connectivity index (χ3v) is 0.949. The molecule has 1 atom stereocenters. The van der Waals surface area contributed by atoms with E-state index in [9.17, 15) is 0 Å². The third-order valence-electron chi connectivity index (χ3n) is 0.949. The van der Waals surface area contributed by atoms with Gasteiger partial charge in [0.15, 0.2) is 0 Å². The molecule has 0 saturated carbocycles. The molecule has 0 bridgehead atoms. The van der Waals surface area contributed by atoms with E-state index < -0.39 is 0 Å². The zero-order valence-electron chi connectivity index (χ0n) is 4.89. The van der Waals surface area contributed by atoms with E-state index >= 15 is 0 Å². The molecule has 1 aromatic heterocycles. The van der Waals surface area contributed by atoms with Crippen molar-refractivity contribution in [3.63, 3.8) is 0 Å². The van der Waals surface area contributed by atoms with Crippen LogP contribution in [0.5, 0.6) is 0 Å². The Hall–Kier alpha value is -1.44. The lowest BCUT2D eigenvalue weighted by Gasteiger charge is -1.95. The summed E-state index contributed by atoms with van der Waals surface area (Å²) in [5.41, 5.74) is 0. The Kier molecular flexibility index (Phi) is 1.40. The zero-order chi connectivity index (χ0) is 6.69. The van der Waals surface area contributed by atoms with Gasteiger partial charge in [0, 0.05) is 0 Å². The summed E-state index contributed by atoms with van der Waals surface area (Å²) in [7, 11) is 0. The van der Waals surface area contributed by atoms with Crippen LogP contribution in [0, 0.1) is 11.3 Å². The van der Waals surface area contributed by atoms with E-state index in [4.69, 9.17) is 5.26 Å². The predicted octanol–water partition coefficient (Wildman–Crippen LogP) is -0.242. The second-order valence-electron chi connectivity index (χ2n) is 1.59. The fraction of sp³-hybridized carbons (Fsp3) is 0.500. The van der Waals surface area contributed by atoms with Crippen LogP contribution in [0.1, 0.15) is 13.0 Å². The van der Waals surface area contributed by atoms with E-state index in [0.29, 0.717) is 0 Å². The molecule has 9 heavy (non-hydrogen) atoms. The number of aromatic nitrogens is 4. The Morgan fingerprint density at radius 1 is 1.78 bits per heavy atom. The molecule has 0 aromatic carbocycles. The highest BCUT2D eigenvalue weighted by Gasteiger charge is 2.00. The van der Waals surface area contributed by atoms with E-state index in [-0.39, 0.29) is 6.04 Å². The normalized spacial score (nSPS) is 12.4. The molecule has 0 aliphatic carbocycles. The van der Waals surface area contributed by atoms with Gasteiger partial charge in [0.2, 0.25) is 0 Å². The molecular formula is C4H5N5. The molecule has 1 aromatic rings. The Morgan fingerprint density at radius 2 is 2.56 bits per heavy atom. The average molecular weight is 123 g/mol. The smallest absolute Gasteiger partial charge is 0.139 e. The quantitative estimate of drug-likeness (QED) is 0.516. The van der Waals surface area contributed by atoms with Gasteiger partial charge in [-0.1, -0.05) is 0 Å². The minimum atomic E-state index is -0.278. The third kappa shape index (κ3) is 1.02. The van der Waals surface area contributed by atoms with Gasteiger partial charge in [0.1, 0.15) is 12.4 Å². The molecule has 0 saturated heterocycles. The van der Waals surface area contributed by atoms with E-state index in [0.717, 1.165) is 0 Å². The summed E-state index contributed by atoms with van der Waals surface area (Å²) in [5.74, 6) is 0. The highest BCUT2D eigenvalue weighted by atomic mass is 15.5. The Labute approximate surface area is 51.9 Å². The van der Waals surface area contributed by atoms with Crippen molar-refractivity contribution in [2.24, 2.45) is 0 Å². The van der Waals surface area contributed by atoms with Crippen LogP contribution in [0.4, 0.5) is 0 Å². The molecule has 0 spiro atoms. The molecule has 0 amide bonds. The summed E-state index contributed by atoms with van der Waals surface area (Å²) in [5, 5.41) is 18.6. The summed E-state index contributed by atoms with van der Waals surface area (Å²) in [6.07, 6.45) is 1.41. The number of nitrogens with zero attached hydrogens (tertiary/aromatic N) is 5. The molecule has 0 fully saturated rings. The van der Waals surface area contributed by atoms with Crippen LogP contribution in [0.2, 0.25) is 0 Å². The van der Waals surface area contributed by atoms with E-state index in [1.54, 1.807) is 6.92 Å². The summed E-state index contributed by atoms with van der Waals surface area (Å²) in [6, 6.07) is 1.71. The van der Waals surface area contributed by atoms with Gasteiger partial charge < -0.3 is 0 Å². The maximum atomic E-state index is 8.34. The van der Waals surface area contributed by atoms with Gasteiger partial charge in [0.05, 0.1) is 6.07 Å². The van der Waals surface area contributed by atoms with Crippen LogP contribution in [-0.2, 0) is 0 Å². The van der Waals surface area contributed by atoms with Gasteiger partial charge in [-0.05, 0) is 17.4 Å². The molecule has 5 nitrogen and oxygen atoms in total. The Bertz CT molecular complexity index is 207. The number of tetrazole rings is 1. The number of rotatable bonds is 1. The van der Waals surface area contributed by atoms with Crippen molar-refractivity contribution in [1.29, 1.82) is 5.26 Å². The zero-order valence-corrected chi connectivity index (χ0v) is 4.89. The first kappa shape index (κ1) is 5.69. The van der Waals surface area contributed by atoms with Crippen molar-refractivity contribution in [1.82, 2.24) is 20.2 Å². The highest BCUT2D eigenvalue weighted by Crippen LogP contribution is 1.95. The minimum absolute atomic E-state index is 0.278. The van der Waals surface area contributed by atoms with Crippen molar-refractivity contribution in [2.45, 2.75) is 13.0 Å². The number of nitriles is 1. The molecule has 5 heteroatoms. The number of hydrogen-bond acceptors (Lipinski definition) is 4. The fourth-order valence-corrected chi connectivity index (χ4v) is 0.405. The van der Waals surface area contributed by atoms with Crippen LogP contribution >= 0.6 is 0 Å². The van der Waals surface area contributed by atoms with Crippen LogP contribution in [0.15, 0.2) is 6.33 Å². The lowest BCUT2D eigenvalue weighted by Crippen LogP contribution is -2.02. The van der Waals surface area contributed by atoms with Gasteiger partial charge in [-0.25, -0.2) is 4.68 Å². The van der Waals surface area contributed by atoms with Crippen LogP contribution in [0.25, 0.3) is 0 Å². The van der Waals surface area contributed by atoms with Crippen molar-refractivity contribution in [2.75, 3.05) is 0 Å². The first-order valence-corrected chi connectivity index (χ1v) is 2.46. The molecule has 0 aliphatic rings. The van der Waals surface area contributed by atoms with E-state index in [1.807, 2.05) is 6.07 Å². The minimum Gasteiger partial charge on any atom is -0.216 e. The fourth-order valence-electron chi connectivity index (χ4n) is 0.405. The predicted molar refractivity (Wildman–Crippen MR) is 28.1 cm³/mol. The molecule has 1 heterocycles. The summed E-state index contributed by atoms with van der Waals surface area (Å²) >= 11 is 0. The molecule has 0 aliphatic heterocycles. The second-order valence-corrected chi connectivity index (χ2v) is 1.59. The Balaban J connectivity index is 2.80. The largest absolute Gasteiger partial charge is 0.216 e. The molecule has 0 radical (unpaired) electrons. The first-order valence-electron chi connectivity index (χ1n) is 2.46. The lowest BCUT2D eigenvalue weighted by atomic mass is 10.4. The van der Waals surface area contributed by atoms with E-state index in [1.165, 1.54) is 11.0 Å². The van der Waals surface area contributed by atoms with Crippen molar-refractivity contribution < 1.29 is 0 Å². The molecule has 46 valence electrons. The summed E-state index contributed by atoms with van der Waals surface area (Å²) in [4.78, 5) is 0. The maximum absolute atomic E-state index is 8.34. The molecule has 1 rings (SSSR count). The van der Waals surface area contributed by atoms with Gasteiger partial charge in [-0.2, -0.15) is 5.26 Å². The lowest BCUT2D eigenvalue weighted by molar-refractivity contribution is 0.566. The molecule has 1 unspecified atom stereocenters. The Morgan fingerprint density at radius 3 is 3.00 bits per heavy atom. The van der Waals surface area contributed by atoms with Crippen LogP contribution < -0.4 is 0 Å². The van der Waals surface area contributed by atoms with Gasteiger partial charge in [-0.15, -0.1) is 5.10 Å². The standard InChI is InChI=1S/C4H5N5/c1-4(2-5)9-3-6-7-8-9/h3-4H,1H3. The SMILES string of the molecule is CC(C#N)n1cnnn1. The van der Waals surface area contributed by atoms with Gasteiger partial charge in [0.25, 0.3) is 0 Å². The number of hydrogen-bond donors (Lipinski definition) is 0. The topological polar surface area (TPSA) is 67.4 Å². The highest BCUT2D eigenvalue weighted by molar-refractivity contribution is 4.82. The van der Waals surface area contributed by atoms with Crippen LogP contribution in [0.3, 0.4) is 0 Å². The van der Waals surface area contributed by atoms with Gasteiger partial charge in [-0.3, -0.25) is 0 Å². The van der Waals surface area contributed by atoms with Crippen molar-refractivity contribution in [3.8, 4) is 6.07 Å². The summed E-state index contributed by atoms with van der Waals surface area (Å²) in [6.45, 7) is 1.72. The second kappa shape index (κ2) is 2.22.